The van der Waals surface area contributed by atoms with E-state index in [-0.39, 0.29) is 17.4 Å². The van der Waals surface area contributed by atoms with Gasteiger partial charge in [0.25, 0.3) is 0 Å². The maximum absolute atomic E-state index is 11.7. The van der Waals surface area contributed by atoms with Crippen LogP contribution < -0.4 is 5.32 Å². The summed E-state index contributed by atoms with van der Waals surface area (Å²) in [4.78, 5) is 16.4. The molecule has 114 valence electrons. The van der Waals surface area contributed by atoms with Gasteiger partial charge in [-0.05, 0) is 12.3 Å². The lowest BCUT2D eigenvalue weighted by atomic mass is 9.98. The van der Waals surface area contributed by atoms with Gasteiger partial charge < -0.3 is 4.74 Å². The van der Waals surface area contributed by atoms with Crippen LogP contribution >= 0.6 is 11.3 Å². The van der Waals surface area contributed by atoms with E-state index in [0.717, 1.165) is 17.1 Å². The van der Waals surface area contributed by atoms with Crippen LogP contribution in [0.25, 0.3) is 0 Å². The van der Waals surface area contributed by atoms with Crippen molar-refractivity contribution in [2.45, 2.75) is 59.0 Å². The average molecular weight is 298 g/mol. The molecule has 0 fully saturated rings. The minimum Gasteiger partial charge on any atom is -0.468 e. The maximum Gasteiger partial charge on any atom is 0.322 e. The topological polar surface area (TPSA) is 51.2 Å². The summed E-state index contributed by atoms with van der Waals surface area (Å²) in [6.07, 6.45) is 0.767. The van der Waals surface area contributed by atoms with Crippen LogP contribution in [0, 0.1) is 5.92 Å². The number of esters is 1. The third-order valence-corrected chi connectivity index (χ3v) is 4.23. The van der Waals surface area contributed by atoms with Gasteiger partial charge in [0.1, 0.15) is 6.04 Å². The Labute approximate surface area is 125 Å². The van der Waals surface area contributed by atoms with Gasteiger partial charge in [-0.1, -0.05) is 34.6 Å². The first-order chi connectivity index (χ1) is 9.24. The van der Waals surface area contributed by atoms with Crippen LogP contribution in [0.1, 0.15) is 51.7 Å². The molecule has 1 aromatic rings. The Bertz CT molecular complexity index is 435. The molecule has 1 aromatic heterocycles. The lowest BCUT2D eigenvalue weighted by Gasteiger charge is -2.18. The van der Waals surface area contributed by atoms with E-state index in [4.69, 9.17) is 4.74 Å². The first kappa shape index (κ1) is 17.1. The SMILES string of the molecule is COC(=O)C(CC(C)C)NCc1csc(C(C)(C)C)n1. The molecular formula is C15H26N2O2S. The molecule has 0 bridgehead atoms. The van der Waals surface area contributed by atoms with E-state index < -0.39 is 0 Å². The Morgan fingerprint density at radius 2 is 2.10 bits per heavy atom. The summed E-state index contributed by atoms with van der Waals surface area (Å²) in [5.74, 6) is 0.233. The van der Waals surface area contributed by atoms with E-state index in [1.54, 1.807) is 11.3 Å². The number of nitrogens with zero attached hydrogens (tertiary/aromatic N) is 1. The van der Waals surface area contributed by atoms with E-state index in [2.05, 4.69) is 50.3 Å². The van der Waals surface area contributed by atoms with Gasteiger partial charge in [-0.15, -0.1) is 11.3 Å². The number of methoxy groups -OCH3 is 1. The van der Waals surface area contributed by atoms with Gasteiger partial charge in [0, 0.05) is 17.3 Å². The monoisotopic (exact) mass is 298 g/mol. The van der Waals surface area contributed by atoms with E-state index in [1.807, 2.05) is 0 Å². The lowest BCUT2D eigenvalue weighted by Crippen LogP contribution is -2.38. The molecule has 1 heterocycles. The van der Waals surface area contributed by atoms with Crippen molar-refractivity contribution in [3.8, 4) is 0 Å². The van der Waals surface area contributed by atoms with Crippen molar-refractivity contribution in [3.63, 3.8) is 0 Å². The largest absolute Gasteiger partial charge is 0.468 e. The third-order valence-electron chi connectivity index (χ3n) is 2.92. The average Bonchev–Trinajstić information content (AvgIpc) is 2.81. The normalized spacial score (nSPS) is 13.6. The van der Waals surface area contributed by atoms with Gasteiger partial charge >= 0.3 is 5.97 Å². The van der Waals surface area contributed by atoms with Gasteiger partial charge in [-0.3, -0.25) is 10.1 Å². The van der Waals surface area contributed by atoms with Crippen molar-refractivity contribution in [2.75, 3.05) is 7.11 Å². The Kier molecular flexibility index (Phi) is 6.14. The number of carbonyl (C=O) groups excluding carboxylic acids is 1. The fraction of sp³-hybridized carbons (Fsp3) is 0.733. The molecule has 0 aliphatic carbocycles. The molecular weight excluding hydrogens is 272 g/mol. The summed E-state index contributed by atoms with van der Waals surface area (Å²) >= 11 is 1.67. The molecule has 5 heteroatoms. The zero-order valence-electron chi connectivity index (χ0n) is 13.3. The standard InChI is InChI=1S/C15H26N2O2S/c1-10(2)7-12(13(18)19-6)16-8-11-9-20-14(17-11)15(3,4)5/h9-10,12,16H,7-8H2,1-6H3. The number of thiazole rings is 1. The highest BCUT2D eigenvalue weighted by molar-refractivity contribution is 7.09. The molecule has 1 rings (SSSR count). The lowest BCUT2D eigenvalue weighted by molar-refractivity contribution is -0.143. The van der Waals surface area contributed by atoms with Gasteiger partial charge in [0.2, 0.25) is 0 Å². The van der Waals surface area contributed by atoms with E-state index in [1.165, 1.54) is 7.11 Å². The van der Waals surface area contributed by atoms with E-state index in [9.17, 15) is 4.79 Å². The number of rotatable bonds is 6. The third kappa shape index (κ3) is 5.21. The summed E-state index contributed by atoms with van der Waals surface area (Å²) in [5.41, 5.74) is 1.06. The fourth-order valence-corrected chi connectivity index (χ4v) is 2.74. The second-order valence-corrected chi connectivity index (χ2v) is 7.34. The highest BCUT2D eigenvalue weighted by Crippen LogP contribution is 2.25. The molecule has 1 N–H and O–H groups in total. The molecule has 4 nitrogen and oxygen atoms in total. The van der Waals surface area contributed by atoms with Crippen LogP contribution in [0.4, 0.5) is 0 Å². The number of hydrogen-bond acceptors (Lipinski definition) is 5. The molecule has 0 spiro atoms. The number of ether oxygens (including phenoxy) is 1. The minimum atomic E-state index is -0.264. The van der Waals surface area contributed by atoms with Crippen molar-refractivity contribution < 1.29 is 9.53 Å². The Morgan fingerprint density at radius 1 is 1.45 bits per heavy atom. The van der Waals surface area contributed by atoms with Crippen LogP contribution in [0.5, 0.6) is 0 Å². The highest BCUT2D eigenvalue weighted by Gasteiger charge is 2.21. The van der Waals surface area contributed by atoms with Crippen LogP contribution in [0.3, 0.4) is 0 Å². The Balaban J connectivity index is 2.63. The van der Waals surface area contributed by atoms with Gasteiger partial charge in [0.05, 0.1) is 17.8 Å². The zero-order valence-corrected chi connectivity index (χ0v) is 14.1. The molecule has 20 heavy (non-hydrogen) atoms. The Hall–Kier alpha value is -0.940. The van der Waals surface area contributed by atoms with E-state index >= 15 is 0 Å². The first-order valence-corrected chi connectivity index (χ1v) is 7.88. The summed E-state index contributed by atoms with van der Waals surface area (Å²) < 4.78 is 4.84. The molecule has 1 atom stereocenters. The van der Waals surface area contributed by atoms with Crippen LogP contribution in [-0.2, 0) is 21.5 Å². The van der Waals surface area contributed by atoms with Gasteiger partial charge in [-0.2, -0.15) is 0 Å². The smallest absolute Gasteiger partial charge is 0.322 e. The van der Waals surface area contributed by atoms with Crippen LogP contribution in [0.2, 0.25) is 0 Å². The van der Waals surface area contributed by atoms with Gasteiger partial charge in [0.15, 0.2) is 0 Å². The van der Waals surface area contributed by atoms with Crippen molar-refractivity contribution >= 4 is 17.3 Å². The Morgan fingerprint density at radius 3 is 2.55 bits per heavy atom. The summed E-state index contributed by atoms with van der Waals surface area (Å²) in [6, 6.07) is -0.264. The van der Waals surface area contributed by atoms with Gasteiger partial charge in [-0.25, -0.2) is 4.98 Å². The summed E-state index contributed by atoms with van der Waals surface area (Å²) in [7, 11) is 1.43. The number of carbonyl (C=O) groups is 1. The fourth-order valence-electron chi connectivity index (χ4n) is 1.84. The number of nitrogens with one attached hydrogen (secondary N) is 1. The number of hydrogen-bond donors (Lipinski definition) is 1. The predicted octanol–water partition coefficient (Wildman–Crippen LogP) is 3.12. The molecule has 0 amide bonds. The van der Waals surface area contributed by atoms with Crippen molar-refractivity contribution in [1.82, 2.24) is 10.3 Å². The molecule has 0 aliphatic rings. The summed E-state index contributed by atoms with van der Waals surface area (Å²) in [6.45, 7) is 11.2. The molecule has 0 saturated carbocycles. The zero-order chi connectivity index (χ0) is 15.3. The highest BCUT2D eigenvalue weighted by atomic mass is 32.1. The molecule has 0 saturated heterocycles. The van der Waals surface area contributed by atoms with Crippen LogP contribution in [0.15, 0.2) is 5.38 Å². The minimum absolute atomic E-state index is 0.0720. The number of aromatic nitrogens is 1. The predicted molar refractivity (Wildman–Crippen MR) is 82.9 cm³/mol. The second-order valence-electron chi connectivity index (χ2n) is 6.48. The molecule has 0 radical (unpaired) electrons. The van der Waals surface area contributed by atoms with Crippen molar-refractivity contribution in [1.29, 1.82) is 0 Å². The van der Waals surface area contributed by atoms with Crippen molar-refractivity contribution in [2.24, 2.45) is 5.92 Å². The van der Waals surface area contributed by atoms with Crippen molar-refractivity contribution in [3.05, 3.63) is 16.1 Å². The molecule has 0 aromatic carbocycles. The van der Waals surface area contributed by atoms with E-state index in [0.29, 0.717) is 12.5 Å². The molecule has 0 aliphatic heterocycles. The van der Waals surface area contributed by atoms with Crippen LogP contribution in [-0.4, -0.2) is 24.1 Å². The first-order valence-electron chi connectivity index (χ1n) is 7.00. The quantitative estimate of drug-likeness (QED) is 0.820. The molecule has 1 unspecified atom stereocenters. The maximum atomic E-state index is 11.7. The summed E-state index contributed by atoms with van der Waals surface area (Å²) in [5, 5.41) is 6.42. The second kappa shape index (κ2) is 7.18.